The third-order valence-corrected chi connectivity index (χ3v) is 5.84. The van der Waals surface area contributed by atoms with Crippen LogP contribution in [0.5, 0.6) is 0 Å². The molecule has 0 saturated heterocycles. The summed E-state index contributed by atoms with van der Waals surface area (Å²) >= 11 is 0. The number of aromatic nitrogens is 2. The second-order valence-electron chi connectivity index (χ2n) is 10.2. The smallest absolute Gasteiger partial charge is 0.408 e. The maximum Gasteiger partial charge on any atom is 0.408 e. The van der Waals surface area contributed by atoms with Crippen LogP contribution in [-0.4, -0.2) is 62.5 Å². The fourth-order valence-electron chi connectivity index (χ4n) is 4.49. The van der Waals surface area contributed by atoms with Crippen molar-refractivity contribution in [3.8, 4) is 11.4 Å². The molecule has 0 radical (unpaired) electrons. The van der Waals surface area contributed by atoms with Gasteiger partial charge in [-0.3, -0.25) is 9.69 Å². The summed E-state index contributed by atoms with van der Waals surface area (Å²) in [6, 6.07) is 4.56. The standard InChI is InChI=1S/C25H35N5O6/c1-14(2)29(24(33)34)20-12-15(3)30(16(4)31)19-9-8-17(13-18(19)20)22-27-21(36-28-22)10-11-26-23(32)35-25(5,6)7/h8-9,13-15,20H,10-12H2,1-7H3,(H,26,32)(H,33,34)/t15-,20+/m0/s1. The molecule has 2 N–H and O–H groups in total. The summed E-state index contributed by atoms with van der Waals surface area (Å²) in [6.45, 7) is 12.7. The van der Waals surface area contributed by atoms with Gasteiger partial charge in [0, 0.05) is 43.2 Å². The minimum atomic E-state index is -1.02. The Bertz CT molecular complexity index is 1120. The van der Waals surface area contributed by atoms with E-state index in [0.717, 1.165) is 5.56 Å². The molecule has 1 aromatic heterocycles. The summed E-state index contributed by atoms with van der Waals surface area (Å²) in [7, 11) is 0. The van der Waals surface area contributed by atoms with Crippen LogP contribution in [-0.2, 0) is 16.0 Å². The van der Waals surface area contributed by atoms with Crippen LogP contribution in [0.2, 0.25) is 0 Å². The quantitative estimate of drug-likeness (QED) is 0.595. The van der Waals surface area contributed by atoms with Crippen LogP contribution in [0.4, 0.5) is 15.3 Å². The SMILES string of the molecule is CC(=O)N1c2ccc(-c3noc(CCNC(=O)OC(C)(C)C)n3)cc2[C@H](N(C(=O)O)C(C)C)C[C@@H]1C. The zero-order valence-electron chi connectivity index (χ0n) is 21.9. The number of carboxylic acid groups (broad SMARTS) is 1. The number of fused-ring (bicyclic) bond motifs is 1. The Balaban J connectivity index is 1.86. The van der Waals surface area contributed by atoms with Gasteiger partial charge in [-0.1, -0.05) is 5.16 Å². The summed E-state index contributed by atoms with van der Waals surface area (Å²) in [5.74, 6) is 0.563. The molecule has 1 aliphatic heterocycles. The number of carbonyl (C=O) groups is 3. The lowest BCUT2D eigenvalue weighted by Crippen LogP contribution is -2.48. The Labute approximate surface area is 210 Å². The third-order valence-electron chi connectivity index (χ3n) is 5.84. The van der Waals surface area contributed by atoms with Crippen LogP contribution >= 0.6 is 0 Å². The van der Waals surface area contributed by atoms with E-state index in [-0.39, 0.29) is 24.5 Å². The summed E-state index contributed by atoms with van der Waals surface area (Å²) in [5.41, 5.74) is 1.44. The highest BCUT2D eigenvalue weighted by Crippen LogP contribution is 2.42. The van der Waals surface area contributed by atoms with Gasteiger partial charge >= 0.3 is 12.2 Å². The predicted octanol–water partition coefficient (Wildman–Crippen LogP) is 4.38. The van der Waals surface area contributed by atoms with Crippen molar-refractivity contribution < 1.29 is 28.8 Å². The second kappa shape index (κ2) is 10.5. The molecule has 3 rings (SSSR count). The van der Waals surface area contributed by atoms with Gasteiger partial charge in [0.15, 0.2) is 0 Å². The first-order valence-corrected chi connectivity index (χ1v) is 12.0. The Hall–Kier alpha value is -3.63. The zero-order valence-corrected chi connectivity index (χ0v) is 21.9. The van der Waals surface area contributed by atoms with Gasteiger partial charge in [0.1, 0.15) is 5.60 Å². The first kappa shape index (κ1) is 27.0. The minimum absolute atomic E-state index is 0.110. The average Bonchev–Trinajstić information content (AvgIpc) is 3.20. The minimum Gasteiger partial charge on any atom is -0.465 e. The molecule has 0 saturated carbocycles. The van der Waals surface area contributed by atoms with E-state index < -0.39 is 23.8 Å². The topological polar surface area (TPSA) is 138 Å². The molecule has 0 aliphatic carbocycles. The highest BCUT2D eigenvalue weighted by atomic mass is 16.6. The van der Waals surface area contributed by atoms with E-state index in [4.69, 9.17) is 9.26 Å². The molecule has 0 bridgehead atoms. The number of alkyl carbamates (subject to hydrolysis) is 1. The molecule has 11 heteroatoms. The van der Waals surface area contributed by atoms with Crippen molar-refractivity contribution in [3.63, 3.8) is 0 Å². The van der Waals surface area contributed by atoms with Crippen LogP contribution in [0.25, 0.3) is 11.4 Å². The highest BCUT2D eigenvalue weighted by Gasteiger charge is 2.38. The van der Waals surface area contributed by atoms with Gasteiger partial charge in [0.05, 0.1) is 6.04 Å². The van der Waals surface area contributed by atoms with Crippen molar-refractivity contribution in [2.75, 3.05) is 11.4 Å². The van der Waals surface area contributed by atoms with Gasteiger partial charge in [0.2, 0.25) is 17.6 Å². The zero-order chi connectivity index (χ0) is 26.8. The monoisotopic (exact) mass is 501 g/mol. The number of nitrogens with zero attached hydrogens (tertiary/aromatic N) is 4. The van der Waals surface area contributed by atoms with Crippen molar-refractivity contribution in [2.24, 2.45) is 0 Å². The van der Waals surface area contributed by atoms with E-state index in [9.17, 15) is 19.5 Å². The molecule has 0 spiro atoms. The van der Waals surface area contributed by atoms with E-state index in [1.54, 1.807) is 37.8 Å². The van der Waals surface area contributed by atoms with Crippen molar-refractivity contribution in [3.05, 3.63) is 29.7 Å². The first-order chi connectivity index (χ1) is 16.8. The molecule has 11 nitrogen and oxygen atoms in total. The second-order valence-corrected chi connectivity index (χ2v) is 10.2. The predicted molar refractivity (Wildman–Crippen MR) is 133 cm³/mol. The maximum absolute atomic E-state index is 12.4. The van der Waals surface area contributed by atoms with Crippen LogP contribution in [0.1, 0.15) is 72.4 Å². The van der Waals surface area contributed by atoms with Gasteiger partial charge in [-0.15, -0.1) is 0 Å². The molecule has 2 aromatic rings. The first-order valence-electron chi connectivity index (χ1n) is 12.0. The summed E-state index contributed by atoms with van der Waals surface area (Å²) in [4.78, 5) is 43.9. The molecule has 2 atom stereocenters. The van der Waals surface area contributed by atoms with Crippen LogP contribution in [0, 0.1) is 0 Å². The van der Waals surface area contributed by atoms with Crippen molar-refractivity contribution >= 4 is 23.8 Å². The van der Waals surface area contributed by atoms with Crippen molar-refractivity contribution in [1.29, 1.82) is 0 Å². The van der Waals surface area contributed by atoms with Crippen molar-refractivity contribution in [1.82, 2.24) is 20.4 Å². The fourth-order valence-corrected chi connectivity index (χ4v) is 4.49. The van der Waals surface area contributed by atoms with Gasteiger partial charge in [-0.05, 0) is 71.7 Å². The number of hydrogen-bond acceptors (Lipinski definition) is 7. The number of carbonyl (C=O) groups excluding carboxylic acids is 2. The van der Waals surface area contributed by atoms with E-state index in [0.29, 0.717) is 35.8 Å². The van der Waals surface area contributed by atoms with Gasteiger partial charge in [-0.25, -0.2) is 9.59 Å². The number of ether oxygens (including phenoxy) is 1. The average molecular weight is 502 g/mol. The number of benzene rings is 1. The molecular weight excluding hydrogens is 466 g/mol. The lowest BCUT2D eigenvalue weighted by atomic mass is 9.88. The Morgan fingerprint density at radius 3 is 2.58 bits per heavy atom. The number of amides is 3. The largest absolute Gasteiger partial charge is 0.465 e. The molecule has 0 unspecified atom stereocenters. The van der Waals surface area contributed by atoms with Gasteiger partial charge in [0.25, 0.3) is 0 Å². The number of rotatable bonds is 6. The van der Waals surface area contributed by atoms with Gasteiger partial charge < -0.3 is 24.6 Å². The van der Waals surface area contributed by atoms with Crippen LogP contribution < -0.4 is 10.2 Å². The van der Waals surface area contributed by atoms with Crippen molar-refractivity contribution in [2.45, 2.75) is 85.0 Å². The lowest BCUT2D eigenvalue weighted by molar-refractivity contribution is -0.117. The Kier molecular flexibility index (Phi) is 7.90. The molecule has 3 amide bonds. The van der Waals surface area contributed by atoms with E-state index in [1.165, 1.54) is 11.8 Å². The van der Waals surface area contributed by atoms with Crippen LogP contribution in [0.15, 0.2) is 22.7 Å². The van der Waals surface area contributed by atoms with Crippen LogP contribution in [0.3, 0.4) is 0 Å². The summed E-state index contributed by atoms with van der Waals surface area (Å²) in [6.07, 6.45) is -0.765. The van der Waals surface area contributed by atoms with E-state index in [2.05, 4.69) is 15.5 Å². The highest BCUT2D eigenvalue weighted by molar-refractivity contribution is 5.94. The Morgan fingerprint density at radius 2 is 2.00 bits per heavy atom. The molecule has 2 heterocycles. The molecule has 0 fully saturated rings. The molecular formula is C25H35N5O6. The molecule has 196 valence electrons. The summed E-state index contributed by atoms with van der Waals surface area (Å²) in [5, 5.41) is 16.6. The number of anilines is 1. The van der Waals surface area contributed by atoms with E-state index in [1.807, 2.05) is 26.8 Å². The molecule has 36 heavy (non-hydrogen) atoms. The lowest BCUT2D eigenvalue weighted by Gasteiger charge is -2.43. The summed E-state index contributed by atoms with van der Waals surface area (Å²) < 4.78 is 10.6. The van der Waals surface area contributed by atoms with E-state index >= 15 is 0 Å². The van der Waals surface area contributed by atoms with Gasteiger partial charge in [-0.2, -0.15) is 4.98 Å². The fraction of sp³-hybridized carbons (Fsp3) is 0.560. The number of nitrogens with one attached hydrogen (secondary N) is 1. The Morgan fingerprint density at radius 1 is 1.31 bits per heavy atom. The number of hydrogen-bond donors (Lipinski definition) is 2. The molecule has 1 aromatic carbocycles. The molecule has 1 aliphatic rings. The third kappa shape index (κ3) is 6.13. The normalized spacial score (nSPS) is 17.5. The maximum atomic E-state index is 12.4.